The van der Waals surface area contributed by atoms with Crippen molar-refractivity contribution >= 4 is 11.4 Å². The lowest BCUT2D eigenvalue weighted by molar-refractivity contribution is 0.597. The van der Waals surface area contributed by atoms with Crippen LogP contribution in [0.1, 0.15) is 25.0 Å². The molecule has 3 rings (SSSR count). The second kappa shape index (κ2) is 6.05. The first-order valence-corrected chi connectivity index (χ1v) is 7.46. The Morgan fingerprint density at radius 1 is 0.609 bits per heavy atom. The van der Waals surface area contributed by atoms with Crippen LogP contribution in [0.15, 0.2) is 65.1 Å². The maximum Gasteiger partial charge on any atom is 0.134 e. The van der Waals surface area contributed by atoms with Crippen LogP contribution in [0, 0.1) is 10.8 Å². The van der Waals surface area contributed by atoms with Crippen LogP contribution in [0.4, 0.5) is 0 Å². The topological polar surface area (TPSA) is 60.8 Å². The monoisotopic (exact) mass is 302 g/mol. The third kappa shape index (κ3) is 3.14. The van der Waals surface area contributed by atoms with Gasteiger partial charge in [-0.25, -0.2) is 0 Å². The number of rotatable bonds is 4. The van der Waals surface area contributed by atoms with Crippen molar-refractivity contribution in [2.24, 2.45) is 0 Å². The number of hydrogen-bond donors (Lipinski definition) is 2. The normalized spacial score (nSPS) is 10.5. The first kappa shape index (κ1) is 15.0. The Kier molecular flexibility index (Phi) is 3.94. The van der Waals surface area contributed by atoms with E-state index in [-0.39, 0.29) is 0 Å². The van der Waals surface area contributed by atoms with Gasteiger partial charge >= 0.3 is 0 Å². The van der Waals surface area contributed by atoms with Crippen LogP contribution in [0.25, 0.3) is 22.6 Å². The first-order valence-electron chi connectivity index (χ1n) is 7.46. The van der Waals surface area contributed by atoms with Crippen molar-refractivity contribution in [1.82, 2.24) is 0 Å². The maximum absolute atomic E-state index is 7.64. The molecule has 0 radical (unpaired) electrons. The predicted molar refractivity (Wildman–Crippen MR) is 94.6 cm³/mol. The van der Waals surface area contributed by atoms with E-state index in [0.717, 1.165) is 33.8 Å². The molecule has 0 unspecified atom stereocenters. The molecular formula is C20H18N2O. The summed E-state index contributed by atoms with van der Waals surface area (Å²) >= 11 is 0. The Labute approximate surface area is 135 Å². The number of benzene rings is 2. The van der Waals surface area contributed by atoms with Crippen molar-refractivity contribution in [2.75, 3.05) is 0 Å². The summed E-state index contributed by atoms with van der Waals surface area (Å²) in [6, 6.07) is 19.5. The third-order valence-electron chi connectivity index (χ3n) is 3.81. The zero-order valence-corrected chi connectivity index (χ0v) is 13.2. The molecule has 1 heterocycles. The summed E-state index contributed by atoms with van der Waals surface area (Å²) in [5.74, 6) is 1.61. The highest BCUT2D eigenvalue weighted by Crippen LogP contribution is 2.29. The molecule has 114 valence electrons. The van der Waals surface area contributed by atoms with Crippen LogP contribution in [0.5, 0.6) is 0 Å². The lowest BCUT2D eigenvalue weighted by Gasteiger charge is -2.02. The molecule has 1 aromatic heterocycles. The molecular weight excluding hydrogens is 284 g/mol. The minimum atomic E-state index is 0.554. The molecule has 2 N–H and O–H groups in total. The van der Waals surface area contributed by atoms with Crippen molar-refractivity contribution in [2.45, 2.75) is 13.8 Å². The van der Waals surface area contributed by atoms with Gasteiger partial charge in [0.05, 0.1) is 0 Å². The fourth-order valence-corrected chi connectivity index (χ4v) is 2.42. The van der Waals surface area contributed by atoms with Crippen molar-refractivity contribution in [1.29, 1.82) is 10.8 Å². The average Bonchev–Trinajstić information content (AvgIpc) is 3.05. The van der Waals surface area contributed by atoms with Crippen LogP contribution >= 0.6 is 0 Å². The summed E-state index contributed by atoms with van der Waals surface area (Å²) in [5.41, 5.74) is 4.93. The van der Waals surface area contributed by atoms with Crippen LogP contribution < -0.4 is 0 Å². The highest BCUT2D eigenvalue weighted by atomic mass is 16.3. The molecule has 0 spiro atoms. The second-order valence-electron chi connectivity index (χ2n) is 5.57. The van der Waals surface area contributed by atoms with E-state index < -0.39 is 0 Å². The van der Waals surface area contributed by atoms with E-state index in [9.17, 15) is 0 Å². The van der Waals surface area contributed by atoms with E-state index >= 15 is 0 Å². The molecule has 2 aromatic carbocycles. The van der Waals surface area contributed by atoms with Crippen molar-refractivity contribution in [3.05, 3.63) is 71.8 Å². The van der Waals surface area contributed by atoms with Gasteiger partial charge in [0, 0.05) is 22.6 Å². The van der Waals surface area contributed by atoms with Gasteiger partial charge in [-0.1, -0.05) is 48.5 Å². The zero-order valence-electron chi connectivity index (χ0n) is 13.2. The quantitative estimate of drug-likeness (QED) is 0.624. The van der Waals surface area contributed by atoms with Gasteiger partial charge in [-0.05, 0) is 37.1 Å². The van der Waals surface area contributed by atoms with Crippen LogP contribution in [-0.4, -0.2) is 11.4 Å². The second-order valence-corrected chi connectivity index (χ2v) is 5.57. The number of nitrogens with one attached hydrogen (secondary N) is 2. The highest BCUT2D eigenvalue weighted by Gasteiger charge is 2.07. The Morgan fingerprint density at radius 3 is 1.26 bits per heavy atom. The van der Waals surface area contributed by atoms with E-state index in [1.54, 1.807) is 13.8 Å². The number of furan rings is 1. The van der Waals surface area contributed by atoms with Crippen molar-refractivity contribution in [3.8, 4) is 22.6 Å². The fraction of sp³-hybridized carbons (Fsp3) is 0.100. The summed E-state index contributed by atoms with van der Waals surface area (Å²) in [6.45, 7) is 3.55. The molecule has 0 aliphatic rings. The zero-order chi connectivity index (χ0) is 16.4. The molecule has 23 heavy (non-hydrogen) atoms. The summed E-state index contributed by atoms with van der Waals surface area (Å²) < 4.78 is 5.95. The molecule has 0 aliphatic carbocycles. The van der Waals surface area contributed by atoms with E-state index in [1.165, 1.54) is 0 Å². The van der Waals surface area contributed by atoms with Gasteiger partial charge in [0.2, 0.25) is 0 Å². The Morgan fingerprint density at radius 2 is 0.957 bits per heavy atom. The fourth-order valence-electron chi connectivity index (χ4n) is 2.42. The van der Waals surface area contributed by atoms with Crippen LogP contribution in [0.3, 0.4) is 0 Å². The lowest BCUT2D eigenvalue weighted by Crippen LogP contribution is -1.90. The molecule has 0 bridgehead atoms. The molecule has 0 saturated heterocycles. The predicted octanol–water partition coefficient (Wildman–Crippen LogP) is 5.39. The number of hydrogen-bond acceptors (Lipinski definition) is 3. The third-order valence-corrected chi connectivity index (χ3v) is 3.81. The van der Waals surface area contributed by atoms with Gasteiger partial charge in [0.15, 0.2) is 0 Å². The molecule has 0 aliphatic heterocycles. The van der Waals surface area contributed by atoms with Crippen LogP contribution in [0.2, 0.25) is 0 Å². The molecule has 0 fully saturated rings. The summed E-state index contributed by atoms with van der Waals surface area (Å²) in [6.07, 6.45) is 0. The highest BCUT2D eigenvalue weighted by molar-refractivity contribution is 5.97. The minimum absolute atomic E-state index is 0.554. The first-order chi connectivity index (χ1) is 11.0. The smallest absolute Gasteiger partial charge is 0.134 e. The molecule has 0 atom stereocenters. The molecule has 0 amide bonds. The van der Waals surface area contributed by atoms with Gasteiger partial charge in [-0.3, -0.25) is 0 Å². The van der Waals surface area contributed by atoms with Gasteiger partial charge in [0.25, 0.3) is 0 Å². The summed E-state index contributed by atoms with van der Waals surface area (Å²) in [7, 11) is 0. The van der Waals surface area contributed by atoms with E-state index in [4.69, 9.17) is 15.2 Å². The molecule has 0 saturated carbocycles. The van der Waals surface area contributed by atoms with Gasteiger partial charge in [0.1, 0.15) is 11.5 Å². The molecule has 3 nitrogen and oxygen atoms in total. The standard InChI is InChI=1S/C20H18N2O/c1-13(21)15-3-7-17(8-4-15)19-11-12-20(23-19)18-9-5-16(6-10-18)14(2)22/h3-12,21-22H,1-2H3. The Bertz CT molecular complexity index is 783. The SMILES string of the molecule is CC(=N)c1ccc(-c2ccc(-c3ccc(C(C)=N)cc3)o2)cc1. The summed E-state index contributed by atoms with van der Waals surface area (Å²) in [4.78, 5) is 0. The van der Waals surface area contributed by atoms with Crippen LogP contribution in [-0.2, 0) is 0 Å². The van der Waals surface area contributed by atoms with E-state index in [0.29, 0.717) is 11.4 Å². The molecule has 3 heteroatoms. The maximum atomic E-state index is 7.64. The minimum Gasteiger partial charge on any atom is -0.456 e. The molecule has 3 aromatic rings. The van der Waals surface area contributed by atoms with Crippen molar-refractivity contribution < 1.29 is 4.42 Å². The van der Waals surface area contributed by atoms with E-state index in [2.05, 4.69) is 0 Å². The summed E-state index contributed by atoms with van der Waals surface area (Å²) in [5, 5.41) is 15.3. The van der Waals surface area contributed by atoms with Crippen molar-refractivity contribution in [3.63, 3.8) is 0 Å². The largest absolute Gasteiger partial charge is 0.456 e. The van der Waals surface area contributed by atoms with Gasteiger partial charge in [-0.15, -0.1) is 0 Å². The lowest BCUT2D eigenvalue weighted by atomic mass is 10.1. The Balaban J connectivity index is 1.87. The van der Waals surface area contributed by atoms with E-state index in [1.807, 2.05) is 60.7 Å². The van der Waals surface area contributed by atoms with Gasteiger partial charge in [-0.2, -0.15) is 0 Å². The Hall–Kier alpha value is -2.94. The average molecular weight is 302 g/mol. The van der Waals surface area contributed by atoms with Gasteiger partial charge < -0.3 is 15.2 Å².